The lowest BCUT2D eigenvalue weighted by Crippen LogP contribution is -2.40. The van der Waals surface area contributed by atoms with Gasteiger partial charge in [0.05, 0.1) is 0 Å². The van der Waals surface area contributed by atoms with Crippen LogP contribution >= 0.6 is 0 Å². The van der Waals surface area contributed by atoms with Crippen LogP contribution in [0.2, 0.25) is 0 Å². The first-order chi connectivity index (χ1) is 7.53. The van der Waals surface area contributed by atoms with Crippen LogP contribution in [0.5, 0.6) is 0 Å². The van der Waals surface area contributed by atoms with Gasteiger partial charge in [0.1, 0.15) is 5.60 Å². The first kappa shape index (κ1) is 13.3. The van der Waals surface area contributed by atoms with Gasteiger partial charge in [-0.25, -0.2) is 4.79 Å². The topological polar surface area (TPSA) is 38.3 Å². The second kappa shape index (κ2) is 6.12. The van der Waals surface area contributed by atoms with E-state index >= 15 is 0 Å². The quantitative estimate of drug-likeness (QED) is 0.796. The molecule has 0 aliphatic heterocycles. The zero-order chi connectivity index (χ0) is 12.0. The Kier molecular flexibility index (Phi) is 5.10. The van der Waals surface area contributed by atoms with Crippen LogP contribution in [0.15, 0.2) is 0 Å². The first-order valence-corrected chi connectivity index (χ1v) is 6.53. The molecule has 1 N–H and O–H groups in total. The Hall–Kier alpha value is -0.730. The third-order valence-electron chi connectivity index (χ3n) is 3.15. The first-order valence-electron chi connectivity index (χ1n) is 6.53. The third-order valence-corrected chi connectivity index (χ3v) is 3.15. The van der Waals surface area contributed by atoms with E-state index in [-0.39, 0.29) is 11.7 Å². The van der Waals surface area contributed by atoms with Gasteiger partial charge in [0.2, 0.25) is 0 Å². The SMILES string of the molecule is CCCC(C)(C)OC(=O)NC1CCCCC1. The summed E-state index contributed by atoms with van der Waals surface area (Å²) in [4.78, 5) is 11.7. The molecule has 0 saturated heterocycles. The molecule has 0 bridgehead atoms. The largest absolute Gasteiger partial charge is 0.444 e. The Morgan fingerprint density at radius 3 is 2.50 bits per heavy atom. The second-order valence-electron chi connectivity index (χ2n) is 5.38. The Morgan fingerprint density at radius 2 is 1.94 bits per heavy atom. The Balaban J connectivity index is 2.28. The van der Waals surface area contributed by atoms with Crippen molar-refractivity contribution in [3.8, 4) is 0 Å². The van der Waals surface area contributed by atoms with Gasteiger partial charge in [-0.05, 0) is 33.1 Å². The highest BCUT2D eigenvalue weighted by Gasteiger charge is 2.23. The standard InChI is InChI=1S/C13H25NO2/c1-4-10-13(2,3)16-12(15)14-11-8-6-5-7-9-11/h11H,4-10H2,1-3H3,(H,14,15). The fourth-order valence-electron chi connectivity index (χ4n) is 2.35. The van der Waals surface area contributed by atoms with Crippen molar-refractivity contribution in [1.82, 2.24) is 5.32 Å². The Labute approximate surface area is 98.9 Å². The monoisotopic (exact) mass is 227 g/mol. The number of nitrogens with one attached hydrogen (secondary N) is 1. The number of carbonyl (C=O) groups excluding carboxylic acids is 1. The van der Waals surface area contributed by atoms with Crippen LogP contribution in [-0.2, 0) is 4.74 Å². The lowest BCUT2D eigenvalue weighted by molar-refractivity contribution is 0.0295. The van der Waals surface area contributed by atoms with E-state index in [1.165, 1.54) is 19.3 Å². The summed E-state index contributed by atoms with van der Waals surface area (Å²) >= 11 is 0. The zero-order valence-corrected chi connectivity index (χ0v) is 10.8. The van der Waals surface area contributed by atoms with Gasteiger partial charge >= 0.3 is 6.09 Å². The summed E-state index contributed by atoms with van der Waals surface area (Å²) in [7, 11) is 0. The molecule has 0 aromatic carbocycles. The van der Waals surface area contributed by atoms with Gasteiger partial charge in [0.15, 0.2) is 0 Å². The van der Waals surface area contributed by atoms with E-state index in [2.05, 4.69) is 12.2 Å². The summed E-state index contributed by atoms with van der Waals surface area (Å²) in [5.41, 5.74) is -0.340. The van der Waals surface area contributed by atoms with Crippen molar-refractivity contribution >= 4 is 6.09 Å². The van der Waals surface area contributed by atoms with Crippen molar-refractivity contribution in [3.05, 3.63) is 0 Å². The van der Waals surface area contributed by atoms with E-state index in [0.29, 0.717) is 6.04 Å². The van der Waals surface area contributed by atoms with E-state index in [0.717, 1.165) is 25.7 Å². The predicted octanol–water partition coefficient (Wildman–Crippen LogP) is 3.62. The minimum absolute atomic E-state index is 0.245. The average Bonchev–Trinajstić information content (AvgIpc) is 2.17. The zero-order valence-electron chi connectivity index (χ0n) is 10.8. The molecule has 1 saturated carbocycles. The van der Waals surface area contributed by atoms with Crippen LogP contribution < -0.4 is 5.32 Å². The summed E-state index contributed by atoms with van der Waals surface area (Å²) < 4.78 is 5.43. The van der Waals surface area contributed by atoms with Gasteiger partial charge in [-0.15, -0.1) is 0 Å². The smallest absolute Gasteiger partial charge is 0.407 e. The molecule has 0 heterocycles. The molecule has 1 amide bonds. The molecule has 3 nitrogen and oxygen atoms in total. The summed E-state index contributed by atoms with van der Waals surface area (Å²) in [5, 5.41) is 2.97. The van der Waals surface area contributed by atoms with Crippen LogP contribution in [0.25, 0.3) is 0 Å². The number of amides is 1. The number of hydrogen-bond donors (Lipinski definition) is 1. The molecule has 0 unspecified atom stereocenters. The maximum Gasteiger partial charge on any atom is 0.407 e. The number of alkyl carbamates (subject to hydrolysis) is 1. The molecular weight excluding hydrogens is 202 g/mol. The van der Waals surface area contributed by atoms with Crippen molar-refractivity contribution in [3.63, 3.8) is 0 Å². The molecule has 1 aliphatic carbocycles. The predicted molar refractivity (Wildman–Crippen MR) is 65.5 cm³/mol. The van der Waals surface area contributed by atoms with Gasteiger partial charge in [-0.3, -0.25) is 0 Å². The maximum absolute atomic E-state index is 11.7. The lowest BCUT2D eigenvalue weighted by Gasteiger charge is -2.28. The lowest BCUT2D eigenvalue weighted by atomic mass is 9.96. The van der Waals surface area contributed by atoms with E-state index in [1.54, 1.807) is 0 Å². The molecule has 3 heteroatoms. The molecule has 0 atom stereocenters. The van der Waals surface area contributed by atoms with Crippen molar-refractivity contribution in [2.45, 2.75) is 77.4 Å². The Bertz CT molecular complexity index is 220. The molecule has 16 heavy (non-hydrogen) atoms. The van der Waals surface area contributed by atoms with Gasteiger partial charge < -0.3 is 10.1 Å². The van der Waals surface area contributed by atoms with Crippen LogP contribution in [0.4, 0.5) is 4.79 Å². The van der Waals surface area contributed by atoms with Crippen molar-refractivity contribution in [2.24, 2.45) is 0 Å². The molecule has 1 rings (SSSR count). The van der Waals surface area contributed by atoms with Crippen LogP contribution in [0.1, 0.15) is 65.7 Å². The van der Waals surface area contributed by atoms with Crippen molar-refractivity contribution < 1.29 is 9.53 Å². The van der Waals surface area contributed by atoms with Crippen molar-refractivity contribution in [2.75, 3.05) is 0 Å². The van der Waals surface area contributed by atoms with E-state index < -0.39 is 0 Å². The van der Waals surface area contributed by atoms with Gasteiger partial charge in [0, 0.05) is 6.04 Å². The van der Waals surface area contributed by atoms with Gasteiger partial charge in [-0.2, -0.15) is 0 Å². The molecule has 0 radical (unpaired) electrons. The fraction of sp³-hybridized carbons (Fsp3) is 0.923. The molecule has 0 aromatic rings. The third kappa shape index (κ3) is 4.86. The molecule has 1 aliphatic rings. The van der Waals surface area contributed by atoms with E-state index in [1.807, 2.05) is 13.8 Å². The molecule has 94 valence electrons. The minimum atomic E-state index is -0.340. The van der Waals surface area contributed by atoms with E-state index in [4.69, 9.17) is 4.74 Å². The number of carbonyl (C=O) groups is 1. The maximum atomic E-state index is 11.7. The molecular formula is C13H25NO2. The van der Waals surface area contributed by atoms with Gasteiger partial charge in [-0.1, -0.05) is 32.6 Å². The molecule has 1 fully saturated rings. The minimum Gasteiger partial charge on any atom is -0.444 e. The molecule has 0 aromatic heterocycles. The summed E-state index contributed by atoms with van der Waals surface area (Å²) in [5.74, 6) is 0. The normalized spacial score (nSPS) is 18.2. The van der Waals surface area contributed by atoms with Crippen molar-refractivity contribution in [1.29, 1.82) is 0 Å². The van der Waals surface area contributed by atoms with E-state index in [9.17, 15) is 4.79 Å². The fourth-order valence-corrected chi connectivity index (χ4v) is 2.35. The highest BCUT2D eigenvalue weighted by Crippen LogP contribution is 2.19. The second-order valence-corrected chi connectivity index (χ2v) is 5.38. The van der Waals surface area contributed by atoms with Crippen LogP contribution in [0.3, 0.4) is 0 Å². The van der Waals surface area contributed by atoms with Crippen LogP contribution in [0, 0.1) is 0 Å². The summed E-state index contributed by atoms with van der Waals surface area (Å²) in [6.45, 7) is 6.04. The number of ether oxygens (including phenoxy) is 1. The highest BCUT2D eigenvalue weighted by molar-refractivity contribution is 5.68. The van der Waals surface area contributed by atoms with Crippen LogP contribution in [-0.4, -0.2) is 17.7 Å². The summed E-state index contributed by atoms with van der Waals surface area (Å²) in [6.07, 6.45) is 7.65. The summed E-state index contributed by atoms with van der Waals surface area (Å²) in [6, 6.07) is 0.332. The molecule has 0 spiro atoms. The average molecular weight is 227 g/mol. The Morgan fingerprint density at radius 1 is 1.31 bits per heavy atom. The van der Waals surface area contributed by atoms with Gasteiger partial charge in [0.25, 0.3) is 0 Å². The number of rotatable bonds is 4. The number of hydrogen-bond acceptors (Lipinski definition) is 2. The highest BCUT2D eigenvalue weighted by atomic mass is 16.6.